The van der Waals surface area contributed by atoms with E-state index in [0.717, 1.165) is 10.9 Å². The molecule has 0 spiro atoms. The first-order chi connectivity index (χ1) is 14.7. The van der Waals surface area contributed by atoms with Crippen molar-refractivity contribution in [2.75, 3.05) is 0 Å². The van der Waals surface area contributed by atoms with Gasteiger partial charge in [-0.05, 0) is 43.3 Å². The van der Waals surface area contributed by atoms with Crippen LogP contribution in [0.3, 0.4) is 0 Å². The standard InChI is InChI=1S/C28H24OP/c1-23(29)22-28(24-14-6-2-7-15-24)30(25-16-8-3-9-17-25,26-18-10-4-11-19-26)27-20-12-5-13-21-27/h2-22H,1H3/q+1/b28-22+. The Kier molecular flexibility index (Phi) is 6.02. The fraction of sp³-hybridized carbons (Fsp3) is 0.0357. The van der Waals surface area contributed by atoms with Crippen LogP contribution in [-0.2, 0) is 4.79 Å². The van der Waals surface area contributed by atoms with Gasteiger partial charge in [-0.15, -0.1) is 0 Å². The molecule has 0 aromatic heterocycles. The smallest absolute Gasteiger partial charge is 0.156 e. The van der Waals surface area contributed by atoms with Crippen LogP contribution in [0.15, 0.2) is 127 Å². The molecular weight excluding hydrogens is 383 g/mol. The molecule has 0 radical (unpaired) electrons. The monoisotopic (exact) mass is 407 g/mol. The summed E-state index contributed by atoms with van der Waals surface area (Å²) in [7, 11) is -2.30. The van der Waals surface area contributed by atoms with E-state index in [4.69, 9.17) is 0 Å². The van der Waals surface area contributed by atoms with Crippen molar-refractivity contribution in [3.05, 3.63) is 133 Å². The van der Waals surface area contributed by atoms with Crippen molar-refractivity contribution in [2.24, 2.45) is 0 Å². The zero-order valence-electron chi connectivity index (χ0n) is 17.0. The van der Waals surface area contributed by atoms with Crippen LogP contribution in [0.25, 0.3) is 5.31 Å². The first-order valence-electron chi connectivity index (χ1n) is 10.1. The molecule has 146 valence electrons. The van der Waals surface area contributed by atoms with Crippen LogP contribution < -0.4 is 15.9 Å². The molecule has 4 aromatic rings. The fourth-order valence-corrected chi connectivity index (χ4v) is 8.49. The normalized spacial score (nSPS) is 11.8. The van der Waals surface area contributed by atoms with Crippen molar-refractivity contribution in [2.45, 2.75) is 6.92 Å². The maximum Gasteiger partial charge on any atom is 0.156 e. The van der Waals surface area contributed by atoms with Crippen molar-refractivity contribution < 1.29 is 4.79 Å². The summed E-state index contributed by atoms with van der Waals surface area (Å²) >= 11 is 0. The molecule has 0 fully saturated rings. The van der Waals surface area contributed by atoms with Crippen LogP contribution in [0.4, 0.5) is 0 Å². The molecule has 0 saturated carbocycles. The predicted octanol–water partition coefficient (Wildman–Crippen LogP) is 5.61. The van der Waals surface area contributed by atoms with E-state index in [0.29, 0.717) is 0 Å². The van der Waals surface area contributed by atoms with Crippen LogP contribution in [0, 0.1) is 0 Å². The fourth-order valence-electron chi connectivity index (χ4n) is 3.99. The first-order valence-corrected chi connectivity index (χ1v) is 11.9. The van der Waals surface area contributed by atoms with E-state index >= 15 is 0 Å². The molecule has 0 N–H and O–H groups in total. The number of hydrogen-bond acceptors (Lipinski definition) is 1. The number of ketones is 1. The van der Waals surface area contributed by atoms with Gasteiger partial charge in [-0.2, -0.15) is 0 Å². The molecule has 0 bridgehead atoms. The summed E-state index contributed by atoms with van der Waals surface area (Å²) in [6, 6.07) is 42.2. The second-order valence-corrected chi connectivity index (χ2v) is 10.6. The van der Waals surface area contributed by atoms with Gasteiger partial charge in [-0.3, -0.25) is 4.79 Å². The largest absolute Gasteiger partial charge is 0.295 e. The Bertz CT molecular complexity index is 1040. The van der Waals surface area contributed by atoms with Gasteiger partial charge in [0, 0.05) is 11.6 Å². The highest BCUT2D eigenvalue weighted by Gasteiger charge is 2.50. The minimum Gasteiger partial charge on any atom is -0.295 e. The van der Waals surface area contributed by atoms with Crippen LogP contribution in [-0.4, -0.2) is 5.78 Å². The molecular formula is C28H24OP+. The molecule has 0 atom stereocenters. The summed E-state index contributed by atoms with van der Waals surface area (Å²) in [5.74, 6) is 0.0565. The third-order valence-electron chi connectivity index (χ3n) is 5.20. The molecule has 0 aliphatic heterocycles. The predicted molar refractivity (Wildman–Crippen MR) is 130 cm³/mol. The highest BCUT2D eigenvalue weighted by molar-refractivity contribution is 8.03. The Morgan fingerprint density at radius 3 is 1.23 bits per heavy atom. The Hall–Kier alpha value is -3.28. The molecule has 4 aromatic carbocycles. The molecule has 0 saturated heterocycles. The minimum atomic E-state index is -2.30. The molecule has 1 nitrogen and oxygen atoms in total. The van der Waals surface area contributed by atoms with E-state index in [1.807, 2.05) is 42.5 Å². The molecule has 0 aliphatic carbocycles. The average molecular weight is 407 g/mol. The van der Waals surface area contributed by atoms with E-state index in [2.05, 4.69) is 84.9 Å². The molecule has 0 unspecified atom stereocenters. The lowest BCUT2D eigenvalue weighted by Crippen LogP contribution is -2.32. The quantitative estimate of drug-likeness (QED) is 0.300. The van der Waals surface area contributed by atoms with E-state index in [-0.39, 0.29) is 5.78 Å². The third kappa shape index (κ3) is 3.77. The molecule has 4 rings (SSSR count). The Labute approximate surface area is 179 Å². The van der Waals surface area contributed by atoms with Gasteiger partial charge in [0.2, 0.25) is 0 Å². The van der Waals surface area contributed by atoms with Gasteiger partial charge in [0.05, 0.1) is 0 Å². The lowest BCUT2D eigenvalue weighted by atomic mass is 10.2. The SMILES string of the molecule is CC(=O)/C=C(\c1ccccc1)[P+](c1ccccc1)(c1ccccc1)c1ccccc1. The first kappa shape index (κ1) is 20.0. The number of rotatable bonds is 6. The molecule has 30 heavy (non-hydrogen) atoms. The minimum absolute atomic E-state index is 0.0565. The lowest BCUT2D eigenvalue weighted by molar-refractivity contribution is -0.112. The van der Waals surface area contributed by atoms with Gasteiger partial charge >= 0.3 is 0 Å². The van der Waals surface area contributed by atoms with E-state index in [9.17, 15) is 4.79 Å². The van der Waals surface area contributed by atoms with Crippen molar-refractivity contribution in [3.63, 3.8) is 0 Å². The zero-order chi connectivity index (χ0) is 20.8. The zero-order valence-corrected chi connectivity index (χ0v) is 17.9. The average Bonchev–Trinajstić information content (AvgIpc) is 2.81. The third-order valence-corrected chi connectivity index (χ3v) is 9.53. The summed E-state index contributed by atoms with van der Waals surface area (Å²) < 4.78 is 0. The van der Waals surface area contributed by atoms with Gasteiger partial charge in [0.15, 0.2) is 5.78 Å². The van der Waals surface area contributed by atoms with Crippen LogP contribution in [0.1, 0.15) is 12.5 Å². The molecule has 0 amide bonds. The number of allylic oxidation sites excluding steroid dienone is 1. The number of carbonyl (C=O) groups excluding carboxylic acids is 1. The van der Waals surface area contributed by atoms with Gasteiger partial charge in [0.25, 0.3) is 0 Å². The highest BCUT2D eigenvalue weighted by Crippen LogP contribution is 2.66. The Morgan fingerprint density at radius 1 is 0.567 bits per heavy atom. The van der Waals surface area contributed by atoms with Crippen molar-refractivity contribution >= 4 is 34.3 Å². The van der Waals surface area contributed by atoms with Gasteiger partial charge in [-0.1, -0.05) is 84.9 Å². The lowest BCUT2D eigenvalue weighted by Gasteiger charge is -2.29. The van der Waals surface area contributed by atoms with Crippen LogP contribution in [0.2, 0.25) is 0 Å². The molecule has 0 aliphatic rings. The maximum absolute atomic E-state index is 12.5. The van der Waals surface area contributed by atoms with E-state index < -0.39 is 7.26 Å². The Morgan fingerprint density at radius 2 is 0.900 bits per heavy atom. The summed E-state index contributed by atoms with van der Waals surface area (Å²) in [5.41, 5.74) is 1.08. The van der Waals surface area contributed by atoms with Crippen LogP contribution >= 0.6 is 7.26 Å². The van der Waals surface area contributed by atoms with Crippen molar-refractivity contribution in [1.29, 1.82) is 0 Å². The maximum atomic E-state index is 12.5. The second-order valence-electron chi connectivity index (χ2n) is 7.18. The van der Waals surface area contributed by atoms with Crippen LogP contribution in [0.5, 0.6) is 0 Å². The van der Waals surface area contributed by atoms with E-state index in [1.54, 1.807) is 6.92 Å². The summed E-state index contributed by atoms with van der Waals surface area (Å²) in [4.78, 5) is 12.5. The van der Waals surface area contributed by atoms with Crippen molar-refractivity contribution in [1.82, 2.24) is 0 Å². The van der Waals surface area contributed by atoms with Gasteiger partial charge in [-0.25, -0.2) is 0 Å². The number of benzene rings is 4. The Balaban J connectivity index is 2.18. The summed E-state index contributed by atoms with van der Waals surface area (Å²) in [6.45, 7) is 1.64. The van der Waals surface area contributed by atoms with Gasteiger partial charge < -0.3 is 0 Å². The summed E-state index contributed by atoms with van der Waals surface area (Å²) in [5, 5.41) is 4.79. The molecule has 2 heteroatoms. The second kappa shape index (κ2) is 9.03. The van der Waals surface area contributed by atoms with E-state index in [1.165, 1.54) is 15.9 Å². The topological polar surface area (TPSA) is 17.1 Å². The molecule has 0 heterocycles. The van der Waals surface area contributed by atoms with Crippen molar-refractivity contribution in [3.8, 4) is 0 Å². The number of hydrogen-bond donors (Lipinski definition) is 0. The van der Waals surface area contributed by atoms with Gasteiger partial charge in [0.1, 0.15) is 28.5 Å². The highest BCUT2D eigenvalue weighted by atomic mass is 31.2. The summed E-state index contributed by atoms with van der Waals surface area (Å²) in [6.07, 6.45) is 1.84. The number of carbonyl (C=O) groups is 1.